The molecule has 0 saturated heterocycles. The summed E-state index contributed by atoms with van der Waals surface area (Å²) in [6.07, 6.45) is 70.2. The minimum Gasteiger partial charge on any atom is -0.456 e. The molecule has 0 fully saturated rings. The summed E-state index contributed by atoms with van der Waals surface area (Å²) in [5.41, 5.74) is 0. The van der Waals surface area contributed by atoms with Crippen LogP contribution >= 0.6 is 0 Å². The summed E-state index contributed by atoms with van der Waals surface area (Å²) in [7, 11) is 0. The van der Waals surface area contributed by atoms with Gasteiger partial charge in [-0.05, 0) is 128 Å². The van der Waals surface area contributed by atoms with E-state index in [1.807, 2.05) is 0 Å². The molecule has 0 aliphatic heterocycles. The molecule has 0 unspecified atom stereocenters. The summed E-state index contributed by atoms with van der Waals surface area (Å²) in [5, 5.41) is 10.9. The summed E-state index contributed by atoms with van der Waals surface area (Å²) < 4.78 is 23.8. The zero-order chi connectivity index (χ0) is 64.1. The molecule has 0 amide bonds. The third-order valence-corrected chi connectivity index (χ3v) is 17.0. The van der Waals surface area contributed by atoms with Crippen LogP contribution in [0.25, 0.3) is 0 Å². The van der Waals surface area contributed by atoms with Gasteiger partial charge in [-0.1, -0.05) is 282 Å². The Morgan fingerprint density at radius 2 is 0.477 bits per heavy atom. The van der Waals surface area contributed by atoms with Crippen LogP contribution in [0.2, 0.25) is 0 Å². The number of allylic oxidation sites excluding steroid dienone is 8. The Bertz CT molecular complexity index is 1670. The highest BCUT2D eigenvalue weighted by molar-refractivity contribution is 5.75. The number of hydrogen-bond acceptors (Lipinski definition) is 10. The van der Waals surface area contributed by atoms with Crippen molar-refractivity contribution in [3.8, 4) is 0 Å². The zero-order valence-corrected chi connectivity index (χ0v) is 57.9. The van der Waals surface area contributed by atoms with Crippen molar-refractivity contribution in [2.45, 2.75) is 412 Å². The Balaban J connectivity index is 5.93. The lowest BCUT2D eigenvalue weighted by atomic mass is 10.0. The highest BCUT2D eigenvalue weighted by Crippen LogP contribution is 2.24. The van der Waals surface area contributed by atoms with E-state index in [4.69, 9.17) is 18.9 Å². The van der Waals surface area contributed by atoms with Crippen LogP contribution < -0.4 is 0 Å². The maximum absolute atomic E-state index is 13.8. The molecule has 4 atom stereocenters. The molecule has 10 nitrogen and oxygen atoms in total. The van der Waals surface area contributed by atoms with Gasteiger partial charge in [0.1, 0.15) is 0 Å². The highest BCUT2D eigenvalue weighted by Gasteiger charge is 2.44. The molecule has 0 aromatic carbocycles. The molecule has 88 heavy (non-hydrogen) atoms. The van der Waals surface area contributed by atoms with Crippen LogP contribution in [0.3, 0.4) is 0 Å². The van der Waals surface area contributed by atoms with Crippen LogP contribution in [-0.4, -0.2) is 66.3 Å². The van der Waals surface area contributed by atoms with Gasteiger partial charge in [0, 0.05) is 25.7 Å². The van der Waals surface area contributed by atoms with Crippen molar-refractivity contribution < 1.29 is 48.0 Å². The van der Waals surface area contributed by atoms with Crippen molar-refractivity contribution in [1.29, 1.82) is 0 Å². The summed E-state index contributed by atoms with van der Waals surface area (Å²) >= 11 is 0. The fraction of sp³-hybridized carbons (Fsp3) is 0.833. The molecule has 0 aliphatic rings. The molecular weight excluding hydrogens is 1100 g/mol. The monoisotopic (exact) mass is 1240 g/mol. The first-order valence-electron chi connectivity index (χ1n) is 37.7. The minimum atomic E-state index is -1.68. The number of esters is 4. The molecule has 0 saturated carbocycles. The smallest absolute Gasteiger partial charge is 0.306 e. The summed E-state index contributed by atoms with van der Waals surface area (Å²) in [6.45, 7) is 8.21. The van der Waals surface area contributed by atoms with Crippen molar-refractivity contribution in [2.24, 2.45) is 0 Å². The quantitative estimate of drug-likeness (QED) is 0.0206. The average molecular weight is 1240 g/mol. The largest absolute Gasteiger partial charge is 0.456 e. The Hall–Kier alpha value is -3.53. The molecular formula is C78H140O10. The van der Waals surface area contributed by atoms with Gasteiger partial charge in [-0.25, -0.2) is 0 Å². The predicted octanol–water partition coefficient (Wildman–Crippen LogP) is 23.0. The second-order valence-electron chi connectivity index (χ2n) is 25.5. The zero-order valence-electron chi connectivity index (χ0n) is 57.9. The number of carbonyl (C=O) groups excluding carboxylic acids is 5. The molecule has 0 heterocycles. The topological polar surface area (TPSA) is 142 Å². The molecule has 512 valence electrons. The van der Waals surface area contributed by atoms with Crippen molar-refractivity contribution in [3.05, 3.63) is 48.6 Å². The summed E-state index contributed by atoms with van der Waals surface area (Å²) in [4.78, 5) is 67.9. The summed E-state index contributed by atoms with van der Waals surface area (Å²) in [6, 6.07) is 0. The van der Waals surface area contributed by atoms with E-state index >= 15 is 0 Å². The van der Waals surface area contributed by atoms with Crippen LogP contribution in [0.1, 0.15) is 387 Å². The van der Waals surface area contributed by atoms with Gasteiger partial charge >= 0.3 is 23.9 Å². The van der Waals surface area contributed by atoms with E-state index in [9.17, 15) is 29.1 Å². The van der Waals surface area contributed by atoms with E-state index in [0.29, 0.717) is 32.0 Å². The Labute approximate surface area is 542 Å². The van der Waals surface area contributed by atoms with E-state index in [1.165, 1.54) is 154 Å². The molecule has 0 radical (unpaired) electrons. The van der Waals surface area contributed by atoms with E-state index in [2.05, 4.69) is 76.3 Å². The second-order valence-corrected chi connectivity index (χ2v) is 25.5. The van der Waals surface area contributed by atoms with Crippen molar-refractivity contribution in [3.63, 3.8) is 0 Å². The standard InChI is InChI=1S/C78H140O10/c1-5-9-13-17-21-25-29-33-37-41-45-49-53-57-61-65-73(81)85-71(69-79)77(87-75(83)67-63-59-55-51-47-43-39-35-31-27-23-19-15-11-7-3)78(88-76(84)68-64-60-56-52-48-44-40-36-32-28-24-20-16-12-8-4)72(70-80)86-74(82)66-62-58-54-50-46-42-38-34-30-26-22-18-14-10-6-2/h33-40,69,71-72,77-78,80H,5-32,41-68,70H2,1-4H3/t71-,72+,77+,78+/m0/s1. The van der Waals surface area contributed by atoms with Gasteiger partial charge in [-0.3, -0.25) is 24.0 Å². The number of aldehydes is 1. The number of aliphatic hydroxyl groups excluding tert-OH is 1. The maximum atomic E-state index is 13.8. The first-order chi connectivity index (χ1) is 43.3. The first kappa shape index (κ1) is 84.5. The molecule has 0 aromatic rings. The lowest BCUT2D eigenvalue weighted by Gasteiger charge is -2.34. The lowest BCUT2D eigenvalue weighted by molar-refractivity contribution is -0.202. The fourth-order valence-electron chi connectivity index (χ4n) is 11.3. The molecule has 0 rings (SSSR count). The Kier molecular flexibility index (Phi) is 66.6. The van der Waals surface area contributed by atoms with Crippen LogP contribution in [-0.2, 0) is 42.9 Å². The van der Waals surface area contributed by atoms with Crippen LogP contribution in [0.4, 0.5) is 0 Å². The van der Waals surface area contributed by atoms with Gasteiger partial charge in [-0.15, -0.1) is 0 Å². The lowest BCUT2D eigenvalue weighted by Crippen LogP contribution is -2.53. The molecule has 0 spiro atoms. The molecule has 1 N–H and O–H groups in total. The fourth-order valence-corrected chi connectivity index (χ4v) is 11.3. The number of carbonyl (C=O) groups is 5. The number of rotatable bonds is 69. The van der Waals surface area contributed by atoms with Crippen LogP contribution in [0.15, 0.2) is 48.6 Å². The van der Waals surface area contributed by atoms with Gasteiger partial charge in [0.2, 0.25) is 0 Å². The number of hydrogen-bond donors (Lipinski definition) is 1. The van der Waals surface area contributed by atoms with Gasteiger partial charge in [0.25, 0.3) is 0 Å². The van der Waals surface area contributed by atoms with Crippen LogP contribution in [0, 0.1) is 0 Å². The van der Waals surface area contributed by atoms with E-state index in [1.54, 1.807) is 0 Å². The molecule has 0 bridgehead atoms. The maximum Gasteiger partial charge on any atom is 0.306 e. The molecule has 0 aliphatic carbocycles. The Morgan fingerprint density at radius 3 is 0.716 bits per heavy atom. The van der Waals surface area contributed by atoms with Crippen molar-refractivity contribution >= 4 is 30.2 Å². The molecule has 0 aromatic heterocycles. The number of ether oxygens (including phenoxy) is 4. The van der Waals surface area contributed by atoms with Crippen molar-refractivity contribution in [2.75, 3.05) is 6.61 Å². The number of aliphatic hydroxyl groups is 1. The SMILES string of the molecule is CCCCCCCCC=CCCCCCCCC(=O)O[C@@H]([C@H](OC(=O)CCCCCCCC=CCCCCCCCC)[C@@H](CO)OC(=O)CCCCCCCC=CCCCCCCCC)[C@H](C=O)OC(=O)CCCCCCCC=CCCCCCCCC. The summed E-state index contributed by atoms with van der Waals surface area (Å²) in [5.74, 6) is -2.54. The van der Waals surface area contributed by atoms with E-state index < -0.39 is 54.9 Å². The van der Waals surface area contributed by atoms with E-state index in [-0.39, 0.29) is 25.7 Å². The van der Waals surface area contributed by atoms with Gasteiger partial charge in [0.15, 0.2) is 30.7 Å². The first-order valence-corrected chi connectivity index (χ1v) is 37.7. The van der Waals surface area contributed by atoms with Crippen molar-refractivity contribution in [1.82, 2.24) is 0 Å². The van der Waals surface area contributed by atoms with E-state index in [0.717, 1.165) is 154 Å². The molecule has 10 heteroatoms. The second kappa shape index (κ2) is 69.4. The van der Waals surface area contributed by atoms with Crippen LogP contribution in [0.5, 0.6) is 0 Å². The minimum absolute atomic E-state index is 0.0255. The normalized spacial score (nSPS) is 13.2. The number of unbranched alkanes of at least 4 members (excludes halogenated alkanes) is 44. The third kappa shape index (κ3) is 58.8. The third-order valence-electron chi connectivity index (χ3n) is 17.0. The van der Waals surface area contributed by atoms with Gasteiger partial charge in [-0.2, -0.15) is 0 Å². The average Bonchev–Trinajstić information content (AvgIpc) is 3.72. The highest BCUT2D eigenvalue weighted by atomic mass is 16.6. The van der Waals surface area contributed by atoms with Gasteiger partial charge in [0.05, 0.1) is 6.61 Å². The Morgan fingerprint density at radius 1 is 0.273 bits per heavy atom. The van der Waals surface area contributed by atoms with Gasteiger partial charge < -0.3 is 24.1 Å². The predicted molar refractivity (Wildman–Crippen MR) is 370 cm³/mol.